The predicted molar refractivity (Wildman–Crippen MR) is 68.5 cm³/mol. The molecule has 0 spiro atoms. The van der Waals surface area contributed by atoms with E-state index >= 15 is 0 Å². The van der Waals surface area contributed by atoms with E-state index < -0.39 is 18.0 Å². The first-order chi connectivity index (χ1) is 8.34. The molecule has 0 saturated heterocycles. The van der Waals surface area contributed by atoms with Gasteiger partial charge in [-0.2, -0.15) is 0 Å². The summed E-state index contributed by atoms with van der Waals surface area (Å²) in [7, 11) is 0. The Balaban J connectivity index is 3.79. The summed E-state index contributed by atoms with van der Waals surface area (Å²) in [5.41, 5.74) is 0. The number of urea groups is 1. The van der Waals surface area contributed by atoms with E-state index in [2.05, 4.69) is 10.6 Å². The van der Waals surface area contributed by atoms with Crippen molar-refractivity contribution in [2.75, 3.05) is 19.8 Å². The van der Waals surface area contributed by atoms with Gasteiger partial charge in [0.05, 0.1) is 6.61 Å². The van der Waals surface area contributed by atoms with E-state index in [1.165, 1.54) is 0 Å². The molecular weight excluding hydrogens is 236 g/mol. The van der Waals surface area contributed by atoms with Crippen LogP contribution in [0.1, 0.15) is 27.7 Å². The zero-order valence-electron chi connectivity index (χ0n) is 11.5. The van der Waals surface area contributed by atoms with Gasteiger partial charge in [-0.05, 0) is 11.8 Å². The highest BCUT2D eigenvalue weighted by molar-refractivity contribution is 5.82. The molecule has 0 heterocycles. The number of carbonyl (C=O) groups excluding carboxylic acids is 1. The number of ether oxygens (including phenoxy) is 1. The topological polar surface area (TPSA) is 87.7 Å². The molecule has 0 aromatic rings. The molecule has 1 atom stereocenters. The van der Waals surface area contributed by atoms with Gasteiger partial charge in [0, 0.05) is 13.2 Å². The van der Waals surface area contributed by atoms with Gasteiger partial charge in [-0.15, -0.1) is 0 Å². The summed E-state index contributed by atoms with van der Waals surface area (Å²) in [6.45, 7) is 9.00. The van der Waals surface area contributed by atoms with Crippen LogP contribution in [0.25, 0.3) is 0 Å². The smallest absolute Gasteiger partial charge is 0.326 e. The number of carboxylic acids is 1. The van der Waals surface area contributed by atoms with Crippen molar-refractivity contribution in [1.82, 2.24) is 10.6 Å². The van der Waals surface area contributed by atoms with Gasteiger partial charge in [-0.1, -0.05) is 27.7 Å². The molecule has 106 valence electrons. The van der Waals surface area contributed by atoms with Crippen molar-refractivity contribution in [3.63, 3.8) is 0 Å². The Morgan fingerprint density at radius 3 is 2.28 bits per heavy atom. The van der Waals surface area contributed by atoms with Gasteiger partial charge in [-0.25, -0.2) is 9.59 Å². The van der Waals surface area contributed by atoms with Crippen molar-refractivity contribution in [1.29, 1.82) is 0 Å². The van der Waals surface area contributed by atoms with Crippen molar-refractivity contribution in [2.24, 2.45) is 11.8 Å². The second-order valence-electron chi connectivity index (χ2n) is 4.93. The molecule has 0 aromatic heterocycles. The van der Waals surface area contributed by atoms with Crippen molar-refractivity contribution in [3.05, 3.63) is 0 Å². The Kier molecular flexibility index (Phi) is 8.11. The highest BCUT2D eigenvalue weighted by Crippen LogP contribution is 2.01. The van der Waals surface area contributed by atoms with E-state index in [-0.39, 0.29) is 5.92 Å². The zero-order valence-corrected chi connectivity index (χ0v) is 11.5. The summed E-state index contributed by atoms with van der Waals surface area (Å²) in [6, 6.07) is -1.36. The van der Waals surface area contributed by atoms with E-state index in [1.807, 2.05) is 13.8 Å². The van der Waals surface area contributed by atoms with Crippen LogP contribution in [-0.2, 0) is 9.53 Å². The SMILES string of the molecule is CC(C)COCCNC(=O)N[C@H](C(=O)O)C(C)C. The summed E-state index contributed by atoms with van der Waals surface area (Å²) >= 11 is 0. The zero-order chi connectivity index (χ0) is 14.1. The summed E-state index contributed by atoms with van der Waals surface area (Å²) in [4.78, 5) is 22.3. The van der Waals surface area contributed by atoms with Crippen LogP contribution >= 0.6 is 0 Å². The van der Waals surface area contributed by atoms with Crippen LogP contribution in [0.15, 0.2) is 0 Å². The lowest BCUT2D eigenvalue weighted by molar-refractivity contribution is -0.140. The van der Waals surface area contributed by atoms with Gasteiger partial charge in [0.25, 0.3) is 0 Å². The summed E-state index contributed by atoms with van der Waals surface area (Å²) in [6.07, 6.45) is 0. The molecule has 6 nitrogen and oxygen atoms in total. The van der Waals surface area contributed by atoms with Gasteiger partial charge in [0.2, 0.25) is 0 Å². The molecule has 18 heavy (non-hydrogen) atoms. The number of carboxylic acid groups (broad SMARTS) is 1. The maximum atomic E-state index is 11.4. The molecule has 0 unspecified atom stereocenters. The lowest BCUT2D eigenvalue weighted by Crippen LogP contribution is -2.49. The largest absolute Gasteiger partial charge is 0.480 e. The Hall–Kier alpha value is -1.30. The molecule has 0 bridgehead atoms. The average molecular weight is 260 g/mol. The van der Waals surface area contributed by atoms with Crippen LogP contribution in [0, 0.1) is 11.8 Å². The first-order valence-corrected chi connectivity index (χ1v) is 6.19. The number of nitrogens with one attached hydrogen (secondary N) is 2. The molecule has 3 N–H and O–H groups in total. The quantitative estimate of drug-likeness (QED) is 0.570. The van der Waals surface area contributed by atoms with E-state index in [0.717, 1.165) is 0 Å². The van der Waals surface area contributed by atoms with Crippen LogP contribution in [0.4, 0.5) is 4.79 Å². The number of carbonyl (C=O) groups is 2. The molecule has 2 amide bonds. The Bertz CT molecular complexity index is 267. The molecule has 6 heteroatoms. The Morgan fingerprint density at radius 2 is 1.83 bits per heavy atom. The first kappa shape index (κ1) is 16.7. The third-order valence-electron chi connectivity index (χ3n) is 2.20. The van der Waals surface area contributed by atoms with E-state index in [0.29, 0.717) is 25.7 Å². The van der Waals surface area contributed by atoms with Gasteiger partial charge in [0.1, 0.15) is 6.04 Å². The molecule has 0 fully saturated rings. The average Bonchev–Trinajstić information content (AvgIpc) is 2.24. The standard InChI is InChI=1S/C12H24N2O4/c1-8(2)7-18-6-5-13-12(17)14-10(9(3)4)11(15)16/h8-10H,5-7H2,1-4H3,(H,15,16)(H2,13,14,17)/t10-/m0/s1. The molecule has 0 radical (unpaired) electrons. The van der Waals surface area contributed by atoms with Crippen molar-refractivity contribution in [3.8, 4) is 0 Å². The number of aliphatic carboxylic acids is 1. The summed E-state index contributed by atoms with van der Waals surface area (Å²) < 4.78 is 5.29. The minimum atomic E-state index is -1.03. The number of amides is 2. The second-order valence-corrected chi connectivity index (χ2v) is 4.93. The number of hydrogen-bond acceptors (Lipinski definition) is 3. The van der Waals surface area contributed by atoms with Crippen LogP contribution < -0.4 is 10.6 Å². The third-order valence-corrected chi connectivity index (χ3v) is 2.20. The van der Waals surface area contributed by atoms with Crippen LogP contribution in [0.2, 0.25) is 0 Å². The van der Waals surface area contributed by atoms with Crippen LogP contribution in [-0.4, -0.2) is 42.9 Å². The molecule has 0 aliphatic rings. The fourth-order valence-corrected chi connectivity index (χ4v) is 1.26. The second kappa shape index (κ2) is 8.74. The van der Waals surface area contributed by atoms with E-state index in [9.17, 15) is 9.59 Å². The fourth-order valence-electron chi connectivity index (χ4n) is 1.26. The highest BCUT2D eigenvalue weighted by Gasteiger charge is 2.22. The summed E-state index contributed by atoms with van der Waals surface area (Å²) in [5.74, 6) is -0.738. The maximum absolute atomic E-state index is 11.4. The van der Waals surface area contributed by atoms with E-state index in [1.54, 1.807) is 13.8 Å². The Morgan fingerprint density at radius 1 is 1.22 bits per heavy atom. The number of hydrogen-bond donors (Lipinski definition) is 3. The molecular formula is C12H24N2O4. The summed E-state index contributed by atoms with van der Waals surface area (Å²) in [5, 5.41) is 13.9. The predicted octanol–water partition coefficient (Wildman–Crippen LogP) is 1.07. The normalized spacial score (nSPS) is 12.6. The van der Waals surface area contributed by atoms with Gasteiger partial charge in [-0.3, -0.25) is 0 Å². The molecule has 0 aliphatic heterocycles. The van der Waals surface area contributed by atoms with Gasteiger partial charge >= 0.3 is 12.0 Å². The lowest BCUT2D eigenvalue weighted by Gasteiger charge is -2.18. The fraction of sp³-hybridized carbons (Fsp3) is 0.833. The highest BCUT2D eigenvalue weighted by atomic mass is 16.5. The molecule has 0 saturated carbocycles. The minimum absolute atomic E-state index is 0.162. The van der Waals surface area contributed by atoms with Gasteiger partial charge in [0.15, 0.2) is 0 Å². The monoisotopic (exact) mass is 260 g/mol. The minimum Gasteiger partial charge on any atom is -0.480 e. The molecule has 0 aromatic carbocycles. The first-order valence-electron chi connectivity index (χ1n) is 6.19. The lowest BCUT2D eigenvalue weighted by atomic mass is 10.1. The van der Waals surface area contributed by atoms with Crippen LogP contribution in [0.5, 0.6) is 0 Å². The number of rotatable bonds is 8. The third kappa shape index (κ3) is 7.89. The van der Waals surface area contributed by atoms with Gasteiger partial charge < -0.3 is 20.5 Å². The Labute approximate surface area is 108 Å². The molecule has 0 rings (SSSR count). The molecule has 0 aliphatic carbocycles. The van der Waals surface area contributed by atoms with Crippen LogP contribution in [0.3, 0.4) is 0 Å². The van der Waals surface area contributed by atoms with Crippen molar-refractivity contribution in [2.45, 2.75) is 33.7 Å². The van der Waals surface area contributed by atoms with E-state index in [4.69, 9.17) is 9.84 Å². The van der Waals surface area contributed by atoms with Crippen molar-refractivity contribution >= 4 is 12.0 Å². The maximum Gasteiger partial charge on any atom is 0.326 e. The van der Waals surface area contributed by atoms with Crippen molar-refractivity contribution < 1.29 is 19.4 Å².